The molecule has 2 N–H and O–H groups in total. The molecule has 2 heterocycles. The number of nitrogens with zero attached hydrogens (tertiary/aromatic N) is 3. The van der Waals surface area contributed by atoms with Crippen molar-refractivity contribution in [2.75, 3.05) is 29.9 Å². The van der Waals surface area contributed by atoms with Crippen LogP contribution in [0.25, 0.3) is 11.1 Å². The van der Waals surface area contributed by atoms with E-state index >= 15 is 0 Å². The van der Waals surface area contributed by atoms with Gasteiger partial charge in [0.2, 0.25) is 5.91 Å². The smallest absolute Gasteiger partial charge is 0.235 e. The number of carbonyl (C=O) groups excluding carboxylic acids is 1. The van der Waals surface area contributed by atoms with Gasteiger partial charge in [-0.3, -0.25) is 14.8 Å². The monoisotopic (exact) mass is 444 g/mol. The Balaban J connectivity index is 1.39. The summed E-state index contributed by atoms with van der Waals surface area (Å²) in [5, 5.41) is 7.08. The van der Waals surface area contributed by atoms with E-state index < -0.39 is 0 Å². The molecule has 8 heteroatoms. The van der Waals surface area contributed by atoms with Crippen molar-refractivity contribution in [2.45, 2.75) is 11.1 Å². The summed E-state index contributed by atoms with van der Waals surface area (Å²) in [4.78, 5) is 21.1. The molecule has 1 aliphatic rings. The third-order valence-corrected chi connectivity index (χ3v) is 7.52. The fourth-order valence-electron chi connectivity index (χ4n) is 3.38. The molecule has 1 aromatic heterocycles. The summed E-state index contributed by atoms with van der Waals surface area (Å²) in [6.45, 7) is 3.32. The number of rotatable bonds is 5. The van der Waals surface area contributed by atoms with Gasteiger partial charge < -0.3 is 4.90 Å². The lowest BCUT2D eigenvalue weighted by Gasteiger charge is -2.41. The van der Waals surface area contributed by atoms with Gasteiger partial charge >= 0.3 is 0 Å². The molecule has 2 aromatic carbocycles. The van der Waals surface area contributed by atoms with Gasteiger partial charge in [0.25, 0.3) is 0 Å². The summed E-state index contributed by atoms with van der Waals surface area (Å²) in [7, 11) is 1.78. The molecule has 4 rings (SSSR count). The minimum atomic E-state index is -0.0265. The predicted molar refractivity (Wildman–Crippen MR) is 123 cm³/mol. The van der Waals surface area contributed by atoms with E-state index in [1.165, 1.54) is 23.3 Å². The van der Waals surface area contributed by atoms with E-state index in [-0.39, 0.29) is 11.8 Å². The second kappa shape index (κ2) is 8.36. The maximum absolute atomic E-state index is 12.8. The molecule has 3 aromatic rings. The molecule has 0 bridgehead atoms. The molecule has 0 atom stereocenters. The molecule has 0 saturated carbocycles. The number of aromatic nitrogens is 1. The van der Waals surface area contributed by atoms with Crippen LogP contribution in [0.2, 0.25) is 5.02 Å². The lowest BCUT2D eigenvalue weighted by atomic mass is 9.97. The Morgan fingerprint density at radius 2 is 1.93 bits per heavy atom. The molecule has 1 fully saturated rings. The van der Waals surface area contributed by atoms with Crippen LogP contribution in [0.3, 0.4) is 0 Å². The second-order valence-electron chi connectivity index (χ2n) is 7.01. The van der Waals surface area contributed by atoms with Crippen molar-refractivity contribution in [3.63, 3.8) is 0 Å². The SMILES string of the molecule is Cc1nc(N(C)C(=O)C2CN(c3ccc(-c4ccccc4Cl)cc3)C2)sc1SN. The molecule has 29 heavy (non-hydrogen) atoms. The normalized spacial score (nSPS) is 14.0. The number of hydrogen-bond acceptors (Lipinski definition) is 6. The third kappa shape index (κ3) is 4.00. The predicted octanol–water partition coefficient (Wildman–Crippen LogP) is 4.84. The third-order valence-electron chi connectivity index (χ3n) is 5.12. The molecule has 0 aliphatic carbocycles. The van der Waals surface area contributed by atoms with E-state index in [0.717, 1.165) is 31.7 Å². The summed E-state index contributed by atoms with van der Waals surface area (Å²) in [6.07, 6.45) is 0. The Bertz CT molecular complexity index is 1030. The van der Waals surface area contributed by atoms with Gasteiger partial charge in [-0.1, -0.05) is 53.3 Å². The lowest BCUT2D eigenvalue weighted by molar-refractivity contribution is -0.122. The highest BCUT2D eigenvalue weighted by Gasteiger charge is 2.35. The molecule has 0 radical (unpaired) electrons. The van der Waals surface area contributed by atoms with Crippen molar-refractivity contribution in [3.8, 4) is 11.1 Å². The quantitative estimate of drug-likeness (QED) is 0.570. The summed E-state index contributed by atoms with van der Waals surface area (Å²) < 4.78 is 0.938. The van der Waals surface area contributed by atoms with Gasteiger partial charge in [-0.05, 0) is 42.6 Å². The average molecular weight is 445 g/mol. The van der Waals surface area contributed by atoms with Gasteiger partial charge in [0.15, 0.2) is 5.13 Å². The fraction of sp³-hybridized carbons (Fsp3) is 0.238. The first-order valence-electron chi connectivity index (χ1n) is 9.19. The summed E-state index contributed by atoms with van der Waals surface area (Å²) in [6, 6.07) is 16.1. The summed E-state index contributed by atoms with van der Waals surface area (Å²) in [5.74, 6) is 0.0673. The van der Waals surface area contributed by atoms with Crippen LogP contribution in [-0.4, -0.2) is 31.0 Å². The van der Waals surface area contributed by atoms with E-state index in [0.29, 0.717) is 18.2 Å². The number of halogens is 1. The van der Waals surface area contributed by atoms with E-state index in [4.69, 9.17) is 16.7 Å². The van der Waals surface area contributed by atoms with E-state index in [1.807, 2.05) is 31.2 Å². The molecule has 150 valence electrons. The highest BCUT2D eigenvalue weighted by molar-refractivity contribution is 7.99. The van der Waals surface area contributed by atoms with Crippen molar-refractivity contribution in [1.82, 2.24) is 4.98 Å². The highest BCUT2D eigenvalue weighted by Crippen LogP contribution is 2.34. The minimum absolute atomic E-state index is 0.0265. The zero-order valence-corrected chi connectivity index (χ0v) is 18.5. The molecule has 1 aliphatic heterocycles. The van der Waals surface area contributed by atoms with Crippen molar-refractivity contribution >= 4 is 51.6 Å². The molecule has 0 spiro atoms. The van der Waals surface area contributed by atoms with Crippen molar-refractivity contribution < 1.29 is 4.79 Å². The standard InChI is InChI=1S/C21H21ClN4OS2/c1-13-20(29-23)28-21(24-13)25(2)19(27)15-11-26(12-15)16-9-7-14(8-10-16)17-5-3-4-6-18(17)22/h3-10,15H,11-12,23H2,1-2H3. The molecule has 1 saturated heterocycles. The number of amides is 1. The van der Waals surface area contributed by atoms with Crippen molar-refractivity contribution in [1.29, 1.82) is 0 Å². The van der Waals surface area contributed by atoms with Gasteiger partial charge in [-0.25, -0.2) is 4.98 Å². The first-order valence-corrected chi connectivity index (χ1v) is 11.3. The highest BCUT2D eigenvalue weighted by atomic mass is 35.5. The Morgan fingerprint density at radius 3 is 2.55 bits per heavy atom. The maximum atomic E-state index is 12.8. The number of hydrogen-bond donors (Lipinski definition) is 1. The Hall–Kier alpha value is -2.06. The molecule has 5 nitrogen and oxygen atoms in total. The number of carbonyl (C=O) groups is 1. The largest absolute Gasteiger partial charge is 0.370 e. The van der Waals surface area contributed by atoms with Crippen LogP contribution in [0.1, 0.15) is 5.69 Å². The molecule has 1 amide bonds. The second-order valence-corrected chi connectivity index (χ2v) is 9.30. The Morgan fingerprint density at radius 1 is 1.24 bits per heavy atom. The van der Waals surface area contributed by atoms with Crippen LogP contribution in [-0.2, 0) is 4.79 Å². The number of benzene rings is 2. The maximum Gasteiger partial charge on any atom is 0.235 e. The van der Waals surface area contributed by atoms with Gasteiger partial charge in [-0.2, -0.15) is 0 Å². The van der Waals surface area contributed by atoms with Gasteiger partial charge in [-0.15, -0.1) is 0 Å². The van der Waals surface area contributed by atoms with E-state index in [2.05, 4.69) is 34.1 Å². The fourth-order valence-corrected chi connectivity index (χ4v) is 5.03. The zero-order valence-electron chi connectivity index (χ0n) is 16.1. The van der Waals surface area contributed by atoms with Crippen LogP contribution < -0.4 is 14.9 Å². The van der Waals surface area contributed by atoms with Crippen LogP contribution in [0.4, 0.5) is 10.8 Å². The molecular weight excluding hydrogens is 424 g/mol. The summed E-state index contributed by atoms with van der Waals surface area (Å²) in [5.41, 5.74) is 4.08. The topological polar surface area (TPSA) is 62.5 Å². The number of aryl methyl sites for hydroxylation is 1. The number of thiazole rings is 1. The zero-order chi connectivity index (χ0) is 20.5. The molecular formula is C21H21ClN4OS2. The van der Waals surface area contributed by atoms with Crippen LogP contribution in [0.15, 0.2) is 52.7 Å². The van der Waals surface area contributed by atoms with E-state index in [1.54, 1.807) is 11.9 Å². The van der Waals surface area contributed by atoms with Crippen LogP contribution >= 0.6 is 34.9 Å². The van der Waals surface area contributed by atoms with Gasteiger partial charge in [0.05, 0.1) is 15.8 Å². The number of nitrogens with two attached hydrogens (primary N) is 1. The first kappa shape index (κ1) is 20.2. The Labute approximate surface area is 183 Å². The van der Waals surface area contributed by atoms with Crippen LogP contribution in [0.5, 0.6) is 0 Å². The van der Waals surface area contributed by atoms with Crippen LogP contribution in [0, 0.1) is 12.8 Å². The lowest BCUT2D eigenvalue weighted by Crippen LogP contribution is -2.54. The minimum Gasteiger partial charge on any atom is -0.370 e. The average Bonchev–Trinajstić information content (AvgIpc) is 3.08. The number of anilines is 2. The van der Waals surface area contributed by atoms with Crippen molar-refractivity contribution in [3.05, 3.63) is 59.2 Å². The van der Waals surface area contributed by atoms with E-state index in [9.17, 15) is 4.79 Å². The van der Waals surface area contributed by atoms with Gasteiger partial charge in [0.1, 0.15) is 0 Å². The van der Waals surface area contributed by atoms with Crippen molar-refractivity contribution in [2.24, 2.45) is 11.1 Å². The Kier molecular flexibility index (Phi) is 5.83. The summed E-state index contributed by atoms with van der Waals surface area (Å²) >= 11 is 8.92. The van der Waals surface area contributed by atoms with Gasteiger partial charge in [0, 0.05) is 36.4 Å². The first-order chi connectivity index (χ1) is 14.0. The molecule has 0 unspecified atom stereocenters.